The molecular weight excluding hydrogens is 244 g/mol. The lowest BCUT2D eigenvalue weighted by atomic mass is 9.97. The summed E-state index contributed by atoms with van der Waals surface area (Å²) in [5.74, 6) is 0.523. The van der Waals surface area contributed by atoms with Crippen LogP contribution in [0.1, 0.15) is 45.0 Å². The number of amides is 1. The number of nitrogens with one attached hydrogen (secondary N) is 1. The van der Waals surface area contributed by atoms with E-state index in [1.165, 1.54) is 4.88 Å². The van der Waals surface area contributed by atoms with Gasteiger partial charge >= 0.3 is 0 Å². The highest BCUT2D eigenvalue weighted by atomic mass is 32.1. The van der Waals surface area contributed by atoms with Gasteiger partial charge in [-0.25, -0.2) is 0 Å². The maximum atomic E-state index is 12.1. The lowest BCUT2D eigenvalue weighted by Crippen LogP contribution is -2.46. The standard InChI is InChI=1S/C14H24N2OS/c1-5-10(4)12(15)14(17)16-13(9(2)3)11-7-6-8-18-11/h6-10,12-13H,5,15H2,1-4H3,(H,16,17)/t10-,12-,13?/m0/s1. The fraction of sp³-hybridized carbons (Fsp3) is 0.643. The quantitative estimate of drug-likeness (QED) is 0.833. The van der Waals surface area contributed by atoms with Gasteiger partial charge in [-0.05, 0) is 23.3 Å². The Morgan fingerprint density at radius 1 is 1.44 bits per heavy atom. The van der Waals surface area contributed by atoms with E-state index in [0.29, 0.717) is 5.92 Å². The van der Waals surface area contributed by atoms with Gasteiger partial charge in [0.25, 0.3) is 0 Å². The van der Waals surface area contributed by atoms with E-state index < -0.39 is 6.04 Å². The first kappa shape index (κ1) is 15.2. The van der Waals surface area contributed by atoms with Gasteiger partial charge < -0.3 is 11.1 Å². The maximum absolute atomic E-state index is 12.1. The zero-order chi connectivity index (χ0) is 13.7. The Morgan fingerprint density at radius 2 is 2.11 bits per heavy atom. The number of thiophene rings is 1. The highest BCUT2D eigenvalue weighted by molar-refractivity contribution is 7.10. The average molecular weight is 268 g/mol. The van der Waals surface area contributed by atoms with Gasteiger partial charge in [0.1, 0.15) is 0 Å². The molecule has 0 saturated heterocycles. The van der Waals surface area contributed by atoms with Crippen molar-refractivity contribution in [3.8, 4) is 0 Å². The predicted octanol–water partition coefficient (Wildman–Crippen LogP) is 2.93. The van der Waals surface area contributed by atoms with E-state index in [0.717, 1.165) is 6.42 Å². The van der Waals surface area contributed by atoms with Crippen molar-refractivity contribution in [2.24, 2.45) is 17.6 Å². The highest BCUT2D eigenvalue weighted by Crippen LogP contribution is 2.26. The number of nitrogens with two attached hydrogens (primary N) is 1. The minimum Gasteiger partial charge on any atom is -0.347 e. The Bertz CT molecular complexity index is 362. The van der Waals surface area contributed by atoms with Crippen LogP contribution in [0.15, 0.2) is 17.5 Å². The summed E-state index contributed by atoms with van der Waals surface area (Å²) in [7, 11) is 0. The zero-order valence-corrected chi connectivity index (χ0v) is 12.5. The smallest absolute Gasteiger partial charge is 0.237 e. The molecule has 4 heteroatoms. The van der Waals surface area contributed by atoms with Gasteiger partial charge in [-0.15, -0.1) is 11.3 Å². The number of rotatable bonds is 6. The van der Waals surface area contributed by atoms with Crippen molar-refractivity contribution < 1.29 is 4.79 Å². The van der Waals surface area contributed by atoms with E-state index in [4.69, 9.17) is 5.73 Å². The van der Waals surface area contributed by atoms with Crippen molar-refractivity contribution in [1.29, 1.82) is 0 Å². The van der Waals surface area contributed by atoms with Crippen LogP contribution >= 0.6 is 11.3 Å². The van der Waals surface area contributed by atoms with Crippen molar-refractivity contribution >= 4 is 17.2 Å². The van der Waals surface area contributed by atoms with Crippen LogP contribution in [0.2, 0.25) is 0 Å². The van der Waals surface area contributed by atoms with Gasteiger partial charge in [-0.1, -0.05) is 40.2 Å². The van der Waals surface area contributed by atoms with Crippen molar-refractivity contribution in [2.75, 3.05) is 0 Å². The minimum atomic E-state index is -0.420. The molecule has 0 radical (unpaired) electrons. The molecule has 0 fully saturated rings. The second kappa shape index (κ2) is 6.90. The molecule has 1 aromatic heterocycles. The fourth-order valence-corrected chi connectivity index (χ4v) is 2.75. The Kier molecular flexibility index (Phi) is 5.82. The molecule has 1 aromatic rings. The zero-order valence-electron chi connectivity index (χ0n) is 11.6. The summed E-state index contributed by atoms with van der Waals surface area (Å²) in [6, 6.07) is 3.71. The van der Waals surface area contributed by atoms with E-state index in [9.17, 15) is 4.79 Å². The summed E-state index contributed by atoms with van der Waals surface area (Å²) in [6.45, 7) is 8.29. The second-order valence-corrected chi connectivity index (χ2v) is 6.14. The Balaban J connectivity index is 2.71. The van der Waals surface area contributed by atoms with Gasteiger partial charge in [0.15, 0.2) is 0 Å². The van der Waals surface area contributed by atoms with Crippen LogP contribution in [0.25, 0.3) is 0 Å². The highest BCUT2D eigenvalue weighted by Gasteiger charge is 2.24. The SMILES string of the molecule is CC[C@H](C)[C@H](N)C(=O)NC(c1cccs1)C(C)C. The molecule has 1 unspecified atom stereocenters. The van der Waals surface area contributed by atoms with Crippen LogP contribution in [0.3, 0.4) is 0 Å². The molecule has 0 aliphatic heterocycles. The van der Waals surface area contributed by atoms with Gasteiger partial charge in [0.2, 0.25) is 5.91 Å². The molecular formula is C14H24N2OS. The van der Waals surface area contributed by atoms with Crippen LogP contribution in [0.5, 0.6) is 0 Å². The molecule has 1 rings (SSSR count). The first-order chi connectivity index (χ1) is 8.47. The predicted molar refractivity (Wildman–Crippen MR) is 77.5 cm³/mol. The Labute approximate surface area is 114 Å². The molecule has 102 valence electrons. The number of hydrogen-bond acceptors (Lipinski definition) is 3. The summed E-state index contributed by atoms with van der Waals surface area (Å²) >= 11 is 1.67. The molecule has 18 heavy (non-hydrogen) atoms. The molecule has 0 spiro atoms. The lowest BCUT2D eigenvalue weighted by Gasteiger charge is -2.25. The third kappa shape index (κ3) is 3.82. The second-order valence-electron chi connectivity index (χ2n) is 5.16. The van der Waals surface area contributed by atoms with Gasteiger partial charge in [-0.3, -0.25) is 4.79 Å². The maximum Gasteiger partial charge on any atom is 0.237 e. The first-order valence-electron chi connectivity index (χ1n) is 6.56. The van der Waals surface area contributed by atoms with Gasteiger partial charge in [0.05, 0.1) is 12.1 Å². The third-order valence-electron chi connectivity index (χ3n) is 3.37. The number of carbonyl (C=O) groups excluding carboxylic acids is 1. The summed E-state index contributed by atoms with van der Waals surface area (Å²) in [5, 5.41) is 5.11. The van der Waals surface area contributed by atoms with Gasteiger partial charge in [-0.2, -0.15) is 0 Å². The molecule has 3 N–H and O–H groups in total. The van der Waals surface area contributed by atoms with Crippen LogP contribution in [0.4, 0.5) is 0 Å². The average Bonchev–Trinajstić information content (AvgIpc) is 2.86. The summed E-state index contributed by atoms with van der Waals surface area (Å²) in [6.07, 6.45) is 0.917. The molecule has 1 heterocycles. The van der Waals surface area contributed by atoms with Crippen LogP contribution in [0, 0.1) is 11.8 Å². The summed E-state index contributed by atoms with van der Waals surface area (Å²) in [5.41, 5.74) is 5.96. The molecule has 3 atom stereocenters. The van der Waals surface area contributed by atoms with Crippen LogP contribution < -0.4 is 11.1 Å². The summed E-state index contributed by atoms with van der Waals surface area (Å²) < 4.78 is 0. The molecule has 0 aliphatic rings. The molecule has 1 amide bonds. The molecule has 0 aliphatic carbocycles. The van der Waals surface area contributed by atoms with E-state index >= 15 is 0 Å². The minimum absolute atomic E-state index is 0.0450. The van der Waals surface area contributed by atoms with Crippen molar-refractivity contribution in [1.82, 2.24) is 5.32 Å². The van der Waals surface area contributed by atoms with E-state index in [1.54, 1.807) is 11.3 Å². The number of hydrogen-bond donors (Lipinski definition) is 2. The van der Waals surface area contributed by atoms with Crippen molar-refractivity contribution in [3.63, 3.8) is 0 Å². The number of carbonyl (C=O) groups is 1. The molecule has 0 saturated carbocycles. The Morgan fingerprint density at radius 3 is 2.56 bits per heavy atom. The lowest BCUT2D eigenvalue weighted by molar-refractivity contribution is -0.124. The molecule has 3 nitrogen and oxygen atoms in total. The van der Waals surface area contributed by atoms with E-state index in [-0.39, 0.29) is 17.9 Å². The largest absolute Gasteiger partial charge is 0.347 e. The Hall–Kier alpha value is -0.870. The van der Waals surface area contributed by atoms with E-state index in [1.807, 2.05) is 18.4 Å². The van der Waals surface area contributed by atoms with Crippen LogP contribution in [-0.2, 0) is 4.79 Å². The normalized spacial score (nSPS) is 16.3. The van der Waals surface area contributed by atoms with Gasteiger partial charge in [0, 0.05) is 4.88 Å². The van der Waals surface area contributed by atoms with Crippen LogP contribution in [-0.4, -0.2) is 11.9 Å². The topological polar surface area (TPSA) is 55.1 Å². The monoisotopic (exact) mass is 268 g/mol. The van der Waals surface area contributed by atoms with Crippen molar-refractivity contribution in [2.45, 2.75) is 46.2 Å². The third-order valence-corrected chi connectivity index (χ3v) is 4.33. The molecule has 0 aromatic carbocycles. The van der Waals surface area contributed by atoms with Crippen molar-refractivity contribution in [3.05, 3.63) is 22.4 Å². The first-order valence-corrected chi connectivity index (χ1v) is 7.44. The summed E-state index contributed by atoms with van der Waals surface area (Å²) in [4.78, 5) is 13.3. The fourth-order valence-electron chi connectivity index (χ4n) is 1.80. The van der Waals surface area contributed by atoms with E-state index in [2.05, 4.69) is 32.2 Å². The molecule has 0 bridgehead atoms.